The Labute approximate surface area is 142 Å². The molecule has 1 N–H and O–H groups in total. The molecule has 2 heterocycles. The average molecular weight is 344 g/mol. The zero-order valence-electron chi connectivity index (χ0n) is 12.6. The molecule has 0 unspecified atom stereocenters. The number of thiophene rings is 1. The second-order valence-electron chi connectivity index (χ2n) is 4.88. The molecule has 3 aromatic rings. The molecule has 4 nitrogen and oxygen atoms in total. The van der Waals surface area contributed by atoms with Crippen LogP contribution in [0.25, 0.3) is 9.88 Å². The van der Waals surface area contributed by atoms with E-state index in [4.69, 9.17) is 4.74 Å². The summed E-state index contributed by atoms with van der Waals surface area (Å²) in [4.78, 5) is 18.7. The molecule has 0 saturated heterocycles. The summed E-state index contributed by atoms with van der Waals surface area (Å²) < 4.78 is 5.43. The van der Waals surface area contributed by atoms with Crippen molar-refractivity contribution >= 4 is 28.6 Å². The minimum Gasteiger partial charge on any atom is -0.484 e. The number of carbonyl (C=O) groups is 1. The summed E-state index contributed by atoms with van der Waals surface area (Å²) in [7, 11) is 0. The van der Waals surface area contributed by atoms with Crippen LogP contribution in [-0.4, -0.2) is 17.5 Å². The van der Waals surface area contributed by atoms with Crippen LogP contribution < -0.4 is 10.1 Å². The van der Waals surface area contributed by atoms with Crippen molar-refractivity contribution in [3.63, 3.8) is 0 Å². The Morgan fingerprint density at radius 3 is 2.78 bits per heavy atom. The molecular weight excluding hydrogens is 328 g/mol. The lowest BCUT2D eigenvalue weighted by Crippen LogP contribution is -2.28. The third-order valence-corrected chi connectivity index (χ3v) is 5.38. The van der Waals surface area contributed by atoms with Gasteiger partial charge < -0.3 is 10.1 Å². The Balaban J connectivity index is 1.53. The molecule has 1 amide bonds. The van der Waals surface area contributed by atoms with E-state index >= 15 is 0 Å². The second-order valence-corrected chi connectivity index (χ2v) is 6.91. The standard InChI is InChI=1S/C17H16N2O2S2/c1-12-15(23-17(19-12)14-8-5-9-22-14)10-18-16(20)11-21-13-6-3-2-4-7-13/h2-9H,10-11H2,1H3,(H,18,20). The van der Waals surface area contributed by atoms with E-state index in [-0.39, 0.29) is 12.5 Å². The van der Waals surface area contributed by atoms with Crippen LogP contribution in [-0.2, 0) is 11.3 Å². The molecule has 3 rings (SSSR count). The normalized spacial score (nSPS) is 10.5. The molecule has 2 aromatic heterocycles. The zero-order chi connectivity index (χ0) is 16.1. The molecule has 0 aliphatic carbocycles. The number of nitrogens with zero attached hydrogens (tertiary/aromatic N) is 1. The third kappa shape index (κ3) is 4.18. The molecule has 0 aliphatic heterocycles. The second kappa shape index (κ2) is 7.39. The molecule has 118 valence electrons. The number of aryl methyl sites for hydroxylation is 1. The van der Waals surface area contributed by atoms with Crippen LogP contribution in [0, 0.1) is 6.92 Å². The topological polar surface area (TPSA) is 51.2 Å². The highest BCUT2D eigenvalue weighted by molar-refractivity contribution is 7.21. The number of rotatable bonds is 6. The van der Waals surface area contributed by atoms with E-state index < -0.39 is 0 Å². The summed E-state index contributed by atoms with van der Waals surface area (Å²) in [5, 5.41) is 5.92. The van der Waals surface area contributed by atoms with E-state index in [1.54, 1.807) is 22.7 Å². The van der Waals surface area contributed by atoms with Gasteiger partial charge in [-0.3, -0.25) is 4.79 Å². The quantitative estimate of drug-likeness (QED) is 0.738. The fourth-order valence-corrected chi connectivity index (χ4v) is 3.79. The Morgan fingerprint density at radius 2 is 2.04 bits per heavy atom. The van der Waals surface area contributed by atoms with Crippen molar-refractivity contribution in [2.45, 2.75) is 13.5 Å². The van der Waals surface area contributed by atoms with E-state index in [0.717, 1.165) is 20.5 Å². The number of nitrogens with one attached hydrogen (secondary N) is 1. The van der Waals surface area contributed by atoms with Gasteiger partial charge in [-0.2, -0.15) is 0 Å². The molecule has 0 spiro atoms. The van der Waals surface area contributed by atoms with Gasteiger partial charge in [-0.15, -0.1) is 22.7 Å². The summed E-state index contributed by atoms with van der Waals surface area (Å²) in [6, 6.07) is 13.4. The first kappa shape index (κ1) is 15.7. The minimum atomic E-state index is -0.140. The number of thiazole rings is 1. The maximum absolute atomic E-state index is 11.9. The van der Waals surface area contributed by atoms with Gasteiger partial charge in [-0.05, 0) is 30.5 Å². The van der Waals surface area contributed by atoms with Crippen LogP contribution in [0.3, 0.4) is 0 Å². The Kier molecular flexibility index (Phi) is 5.05. The highest BCUT2D eigenvalue weighted by Crippen LogP contribution is 2.30. The first-order valence-electron chi connectivity index (χ1n) is 7.17. The average Bonchev–Trinajstić information content (AvgIpc) is 3.21. The van der Waals surface area contributed by atoms with Gasteiger partial charge in [0.05, 0.1) is 17.1 Å². The Hall–Kier alpha value is -2.18. The molecule has 23 heavy (non-hydrogen) atoms. The van der Waals surface area contributed by atoms with Gasteiger partial charge >= 0.3 is 0 Å². The van der Waals surface area contributed by atoms with Crippen molar-refractivity contribution < 1.29 is 9.53 Å². The number of hydrogen-bond donors (Lipinski definition) is 1. The maximum atomic E-state index is 11.9. The lowest BCUT2D eigenvalue weighted by Gasteiger charge is -2.06. The van der Waals surface area contributed by atoms with Crippen molar-refractivity contribution in [1.29, 1.82) is 0 Å². The first-order chi connectivity index (χ1) is 11.2. The van der Waals surface area contributed by atoms with Crippen LogP contribution in [0.5, 0.6) is 5.75 Å². The van der Waals surface area contributed by atoms with Gasteiger partial charge in [0.1, 0.15) is 10.8 Å². The van der Waals surface area contributed by atoms with Crippen LogP contribution in [0.1, 0.15) is 10.6 Å². The molecule has 1 aromatic carbocycles. The van der Waals surface area contributed by atoms with E-state index in [0.29, 0.717) is 12.3 Å². The van der Waals surface area contributed by atoms with Crippen LogP contribution in [0.4, 0.5) is 0 Å². The number of ether oxygens (including phenoxy) is 1. The van der Waals surface area contributed by atoms with E-state index in [9.17, 15) is 4.79 Å². The van der Waals surface area contributed by atoms with Crippen LogP contribution >= 0.6 is 22.7 Å². The summed E-state index contributed by atoms with van der Waals surface area (Å²) in [5.74, 6) is 0.552. The Bertz CT molecular complexity index is 767. The predicted octanol–water partition coefficient (Wildman–Crippen LogP) is 3.88. The molecule has 0 bridgehead atoms. The van der Waals surface area contributed by atoms with Crippen molar-refractivity contribution in [3.8, 4) is 15.6 Å². The largest absolute Gasteiger partial charge is 0.484 e. The molecule has 0 radical (unpaired) electrons. The van der Waals surface area contributed by atoms with Crippen molar-refractivity contribution in [1.82, 2.24) is 10.3 Å². The molecular formula is C17H16N2O2S2. The van der Waals surface area contributed by atoms with Gasteiger partial charge in [0.2, 0.25) is 0 Å². The smallest absolute Gasteiger partial charge is 0.258 e. The van der Waals surface area contributed by atoms with Gasteiger partial charge in [0, 0.05) is 4.88 Å². The molecule has 0 fully saturated rings. The summed E-state index contributed by atoms with van der Waals surface area (Å²) in [5.41, 5.74) is 0.961. The van der Waals surface area contributed by atoms with E-state index in [1.165, 1.54) is 0 Å². The van der Waals surface area contributed by atoms with Gasteiger partial charge in [0.15, 0.2) is 6.61 Å². The Morgan fingerprint density at radius 1 is 1.22 bits per heavy atom. The number of para-hydroxylation sites is 1. The lowest BCUT2D eigenvalue weighted by atomic mass is 10.3. The lowest BCUT2D eigenvalue weighted by molar-refractivity contribution is -0.123. The molecule has 0 aliphatic rings. The van der Waals surface area contributed by atoms with E-state index in [1.807, 2.05) is 48.7 Å². The number of amides is 1. The molecule has 0 atom stereocenters. The predicted molar refractivity (Wildman–Crippen MR) is 93.9 cm³/mol. The summed E-state index contributed by atoms with van der Waals surface area (Å²) in [6.45, 7) is 2.46. The van der Waals surface area contributed by atoms with Crippen molar-refractivity contribution in [2.24, 2.45) is 0 Å². The number of benzene rings is 1. The summed E-state index contributed by atoms with van der Waals surface area (Å²) in [6.07, 6.45) is 0. The fraction of sp³-hybridized carbons (Fsp3) is 0.176. The minimum absolute atomic E-state index is 0.0135. The van der Waals surface area contributed by atoms with Crippen LogP contribution in [0.15, 0.2) is 47.8 Å². The number of carbonyl (C=O) groups excluding carboxylic acids is 1. The SMILES string of the molecule is Cc1nc(-c2cccs2)sc1CNC(=O)COc1ccccc1. The first-order valence-corrected chi connectivity index (χ1v) is 8.87. The number of hydrogen-bond acceptors (Lipinski definition) is 5. The van der Waals surface area contributed by atoms with Gasteiger partial charge in [-0.25, -0.2) is 4.98 Å². The maximum Gasteiger partial charge on any atom is 0.258 e. The number of aromatic nitrogens is 1. The summed E-state index contributed by atoms with van der Waals surface area (Å²) >= 11 is 3.29. The van der Waals surface area contributed by atoms with Crippen molar-refractivity contribution in [3.05, 3.63) is 58.4 Å². The molecule has 0 saturated carbocycles. The van der Waals surface area contributed by atoms with Gasteiger partial charge in [0.25, 0.3) is 5.91 Å². The van der Waals surface area contributed by atoms with Crippen molar-refractivity contribution in [2.75, 3.05) is 6.61 Å². The van der Waals surface area contributed by atoms with Gasteiger partial charge in [-0.1, -0.05) is 24.3 Å². The zero-order valence-corrected chi connectivity index (χ0v) is 14.2. The highest BCUT2D eigenvalue weighted by atomic mass is 32.1. The van der Waals surface area contributed by atoms with E-state index in [2.05, 4.69) is 16.4 Å². The fourth-order valence-electron chi connectivity index (χ4n) is 1.99. The monoisotopic (exact) mass is 344 g/mol. The van der Waals surface area contributed by atoms with Crippen LogP contribution in [0.2, 0.25) is 0 Å². The third-order valence-electron chi connectivity index (χ3n) is 3.18. The highest BCUT2D eigenvalue weighted by Gasteiger charge is 2.11. The molecule has 6 heteroatoms.